The Morgan fingerprint density at radius 2 is 1.93 bits per heavy atom. The molecule has 2 aromatic carbocycles. The third kappa shape index (κ3) is 6.60. The zero-order valence-corrected chi connectivity index (χ0v) is 24.8. The van der Waals surface area contributed by atoms with E-state index in [1.807, 2.05) is 35.1 Å². The average molecular weight is 600 g/mol. The van der Waals surface area contributed by atoms with Gasteiger partial charge in [-0.1, -0.05) is 29.5 Å². The number of carbonyl (C=O) groups is 2. The molecule has 0 saturated carbocycles. The molecule has 6 rings (SSSR count). The van der Waals surface area contributed by atoms with Gasteiger partial charge >= 0.3 is 0 Å². The van der Waals surface area contributed by atoms with Crippen molar-refractivity contribution in [1.82, 2.24) is 30.1 Å². The van der Waals surface area contributed by atoms with Crippen molar-refractivity contribution < 1.29 is 23.8 Å². The molecule has 4 atom stereocenters. The van der Waals surface area contributed by atoms with E-state index in [0.717, 1.165) is 24.1 Å². The third-order valence-electron chi connectivity index (χ3n) is 8.58. The second-order valence-electron chi connectivity index (χ2n) is 11.5. The Bertz CT molecular complexity index is 1500. The molecule has 3 aromatic rings. The van der Waals surface area contributed by atoms with Crippen molar-refractivity contribution in [2.75, 3.05) is 39.9 Å². The van der Waals surface area contributed by atoms with Crippen LogP contribution in [0.2, 0.25) is 0 Å². The highest BCUT2D eigenvalue weighted by Crippen LogP contribution is 2.31. The first-order valence-corrected chi connectivity index (χ1v) is 15.1. The summed E-state index contributed by atoms with van der Waals surface area (Å²) in [5.74, 6) is 0.0483. The first-order valence-electron chi connectivity index (χ1n) is 15.1. The van der Waals surface area contributed by atoms with E-state index in [9.17, 15) is 9.59 Å². The number of methoxy groups -OCH3 is 1. The minimum atomic E-state index is -0.719. The Hall–Kier alpha value is -4.31. The van der Waals surface area contributed by atoms with Gasteiger partial charge in [0.15, 0.2) is 0 Å². The van der Waals surface area contributed by atoms with Gasteiger partial charge in [0.25, 0.3) is 5.91 Å². The number of rotatable bonds is 5. The number of amides is 2. The van der Waals surface area contributed by atoms with Gasteiger partial charge in [-0.2, -0.15) is 5.26 Å². The Morgan fingerprint density at radius 3 is 2.75 bits per heavy atom. The maximum absolute atomic E-state index is 14.0. The SMILES string of the molecule is COCc1cn([C@@H]2CC[C@H]3CCOc4ccccc4C(=O)N4CCN(Cc5ccc(C#N)cc5)C[C@H]4C(=O)NC[C@H]2O3)nn1. The molecule has 2 fully saturated rings. The van der Waals surface area contributed by atoms with Crippen molar-refractivity contribution in [1.29, 1.82) is 5.26 Å². The van der Waals surface area contributed by atoms with Gasteiger partial charge in [-0.3, -0.25) is 14.5 Å². The van der Waals surface area contributed by atoms with Crippen molar-refractivity contribution in [3.8, 4) is 11.8 Å². The van der Waals surface area contributed by atoms with E-state index in [1.165, 1.54) is 0 Å². The Kier molecular flexibility index (Phi) is 9.16. The predicted molar refractivity (Wildman–Crippen MR) is 158 cm³/mol. The minimum absolute atomic E-state index is 0.0602. The lowest BCUT2D eigenvalue weighted by atomic mass is 9.96. The van der Waals surface area contributed by atoms with E-state index in [2.05, 4.69) is 26.6 Å². The molecule has 1 aromatic heterocycles. The average Bonchev–Trinajstić information content (AvgIpc) is 3.52. The lowest BCUT2D eigenvalue weighted by molar-refractivity contribution is -0.130. The smallest absolute Gasteiger partial charge is 0.258 e. The molecule has 3 aliphatic heterocycles. The van der Waals surface area contributed by atoms with Gasteiger partial charge in [0.05, 0.1) is 54.9 Å². The zero-order valence-electron chi connectivity index (χ0n) is 24.8. The number of hydrogen-bond acceptors (Lipinski definition) is 9. The standard InChI is InChI=1S/C32H37N7O5/c1-42-21-24-19-39(36-35-24)27-11-10-25-12-15-43-29-5-3-2-4-26(29)32(41)38-14-13-37(18-23-8-6-22(16-33)7-9-23)20-28(38)31(40)34-17-30(27)44-25/h2-9,19,25,27-28,30H,10-15,17-18,20-21H2,1H3,(H,34,40)/t25-,27+,28-,30+/m0/s1. The van der Waals surface area contributed by atoms with E-state index in [-0.39, 0.29) is 36.6 Å². The number of nitrogens with zero attached hydrogens (tertiary/aromatic N) is 6. The second kappa shape index (κ2) is 13.5. The fourth-order valence-corrected chi connectivity index (χ4v) is 6.27. The van der Waals surface area contributed by atoms with Crippen molar-refractivity contribution in [3.05, 3.63) is 77.1 Å². The molecular weight excluding hydrogens is 562 g/mol. The van der Waals surface area contributed by atoms with Gasteiger partial charge in [0, 0.05) is 46.3 Å². The van der Waals surface area contributed by atoms with Crippen LogP contribution < -0.4 is 10.1 Å². The maximum atomic E-state index is 14.0. The third-order valence-corrected chi connectivity index (χ3v) is 8.58. The molecule has 230 valence electrons. The molecule has 44 heavy (non-hydrogen) atoms. The molecule has 2 bridgehead atoms. The normalized spacial score (nSPS) is 24.7. The summed E-state index contributed by atoms with van der Waals surface area (Å²) in [7, 11) is 1.62. The van der Waals surface area contributed by atoms with E-state index in [1.54, 1.807) is 36.3 Å². The van der Waals surface area contributed by atoms with Gasteiger partial charge in [0.2, 0.25) is 5.91 Å². The van der Waals surface area contributed by atoms with Crippen LogP contribution in [-0.2, 0) is 27.4 Å². The molecule has 4 heterocycles. The van der Waals surface area contributed by atoms with Crippen LogP contribution in [0.3, 0.4) is 0 Å². The van der Waals surface area contributed by atoms with Crippen LogP contribution in [0.15, 0.2) is 54.7 Å². The van der Waals surface area contributed by atoms with E-state index in [0.29, 0.717) is 62.7 Å². The number of ether oxygens (including phenoxy) is 3. The number of benzene rings is 2. The van der Waals surface area contributed by atoms with Crippen LogP contribution in [0.5, 0.6) is 5.75 Å². The highest BCUT2D eigenvalue weighted by atomic mass is 16.5. The molecule has 0 aliphatic carbocycles. The summed E-state index contributed by atoms with van der Waals surface area (Å²) in [6.45, 7) is 2.98. The van der Waals surface area contributed by atoms with Crippen molar-refractivity contribution in [2.45, 2.75) is 56.7 Å². The molecule has 3 aliphatic rings. The van der Waals surface area contributed by atoms with Crippen molar-refractivity contribution in [3.63, 3.8) is 0 Å². The van der Waals surface area contributed by atoms with E-state index >= 15 is 0 Å². The summed E-state index contributed by atoms with van der Waals surface area (Å²) < 4.78 is 19.7. The number of aromatic nitrogens is 3. The highest BCUT2D eigenvalue weighted by Gasteiger charge is 2.39. The second-order valence-corrected chi connectivity index (χ2v) is 11.5. The predicted octanol–water partition coefficient (Wildman–Crippen LogP) is 2.31. The van der Waals surface area contributed by atoms with Gasteiger partial charge in [-0.05, 0) is 42.7 Å². The number of nitriles is 1. The molecule has 2 saturated heterocycles. The van der Waals surface area contributed by atoms with Gasteiger partial charge in [-0.15, -0.1) is 5.10 Å². The number of carbonyl (C=O) groups excluding carboxylic acids is 2. The topological polar surface area (TPSA) is 135 Å². The van der Waals surface area contributed by atoms with E-state index in [4.69, 9.17) is 19.5 Å². The number of fused-ring (bicyclic) bond motifs is 4. The molecule has 0 spiro atoms. The zero-order chi connectivity index (χ0) is 30.5. The first-order chi connectivity index (χ1) is 21.5. The van der Waals surface area contributed by atoms with Gasteiger partial charge < -0.3 is 24.4 Å². The molecule has 2 amide bonds. The molecule has 0 radical (unpaired) electrons. The fraction of sp³-hybridized carbons (Fsp3) is 0.469. The van der Waals surface area contributed by atoms with Crippen LogP contribution in [0.4, 0.5) is 0 Å². The maximum Gasteiger partial charge on any atom is 0.258 e. The first kappa shape index (κ1) is 29.7. The van der Waals surface area contributed by atoms with Gasteiger partial charge in [0.1, 0.15) is 17.5 Å². The number of hydrogen-bond donors (Lipinski definition) is 1. The van der Waals surface area contributed by atoms with Crippen LogP contribution in [0, 0.1) is 11.3 Å². The number of piperazine rings is 1. The lowest BCUT2D eigenvalue weighted by Gasteiger charge is -2.41. The molecular formula is C32H37N7O5. The quantitative estimate of drug-likeness (QED) is 0.469. The van der Waals surface area contributed by atoms with Crippen molar-refractivity contribution in [2.24, 2.45) is 0 Å². The Morgan fingerprint density at radius 1 is 1.09 bits per heavy atom. The largest absolute Gasteiger partial charge is 0.493 e. The Balaban J connectivity index is 1.26. The van der Waals surface area contributed by atoms with Gasteiger partial charge in [-0.25, -0.2) is 4.68 Å². The summed E-state index contributed by atoms with van der Waals surface area (Å²) >= 11 is 0. The monoisotopic (exact) mass is 599 g/mol. The van der Waals surface area contributed by atoms with Crippen molar-refractivity contribution >= 4 is 11.8 Å². The van der Waals surface area contributed by atoms with Crippen LogP contribution in [0.25, 0.3) is 0 Å². The van der Waals surface area contributed by atoms with E-state index < -0.39 is 6.04 Å². The summed E-state index contributed by atoms with van der Waals surface area (Å²) in [6.07, 6.45) is 3.74. The molecule has 1 N–H and O–H groups in total. The number of para-hydroxylation sites is 1. The summed E-state index contributed by atoms with van der Waals surface area (Å²) in [6, 6.07) is 16.0. The molecule has 12 nitrogen and oxygen atoms in total. The van der Waals surface area contributed by atoms with Crippen LogP contribution in [0.1, 0.15) is 52.5 Å². The summed E-state index contributed by atoms with van der Waals surface area (Å²) in [5.41, 5.74) is 2.81. The fourth-order valence-electron chi connectivity index (χ4n) is 6.27. The van der Waals surface area contributed by atoms with Crippen LogP contribution >= 0.6 is 0 Å². The minimum Gasteiger partial charge on any atom is -0.493 e. The van der Waals surface area contributed by atoms with Crippen LogP contribution in [-0.4, -0.2) is 94.8 Å². The highest BCUT2D eigenvalue weighted by molar-refractivity contribution is 6.00. The Labute approximate surface area is 256 Å². The molecule has 12 heteroatoms. The molecule has 0 unspecified atom stereocenters. The summed E-state index contributed by atoms with van der Waals surface area (Å²) in [5, 5.41) is 20.8. The number of nitrogens with one attached hydrogen (secondary N) is 1. The lowest BCUT2D eigenvalue weighted by Crippen LogP contribution is -2.61. The summed E-state index contributed by atoms with van der Waals surface area (Å²) in [4.78, 5) is 31.8.